The number of thiazole rings is 1. The zero-order chi connectivity index (χ0) is 56.9. The van der Waals surface area contributed by atoms with E-state index in [-0.39, 0.29) is 97.3 Å². The monoisotopic (exact) mass is 1200 g/mol. The van der Waals surface area contributed by atoms with E-state index in [9.17, 15) is 75.2 Å². The van der Waals surface area contributed by atoms with Gasteiger partial charge >= 0.3 is 0 Å². The van der Waals surface area contributed by atoms with Gasteiger partial charge in [-0.25, -0.2) is 9.97 Å². The van der Waals surface area contributed by atoms with E-state index in [1.807, 2.05) is 6.08 Å². The Morgan fingerprint density at radius 2 is 1.35 bits per heavy atom. The van der Waals surface area contributed by atoms with E-state index in [2.05, 4.69) is 46.7 Å². The van der Waals surface area contributed by atoms with Crippen molar-refractivity contribution in [2.45, 2.75) is 66.0 Å². The molecule has 8 rings (SSSR count). The molecule has 0 atom stereocenters. The number of rotatable bonds is 19. The second kappa shape index (κ2) is 21.8. The first kappa shape index (κ1) is 57.4. The van der Waals surface area contributed by atoms with Crippen molar-refractivity contribution in [2.24, 2.45) is 30.7 Å². The lowest BCUT2D eigenvalue weighted by atomic mass is 10.1. The fourth-order valence-electron chi connectivity index (χ4n) is 7.92. The lowest BCUT2D eigenvalue weighted by molar-refractivity contribution is 0.317. The number of fused-ring (bicyclic) bond motifs is 6. The molecule has 0 fully saturated rings. The number of azo groups is 3. The lowest BCUT2D eigenvalue weighted by Crippen LogP contribution is -2.08. The molecule has 7 aromatic rings. The van der Waals surface area contributed by atoms with Gasteiger partial charge in [0.2, 0.25) is 11.0 Å². The minimum absolute atomic E-state index is 0.00588. The number of benzene rings is 4. The summed E-state index contributed by atoms with van der Waals surface area (Å²) in [5.41, 5.74) is 2.79. The fraction of sp³-hybridized carbons (Fsp3) is 0.250. The van der Waals surface area contributed by atoms with E-state index in [0.29, 0.717) is 57.3 Å². The minimum Gasteiger partial charge on any atom is -0.493 e. The van der Waals surface area contributed by atoms with Crippen molar-refractivity contribution in [1.29, 1.82) is 5.26 Å². The summed E-state index contributed by atoms with van der Waals surface area (Å²) in [7, 11) is -24.3. The van der Waals surface area contributed by atoms with Crippen LogP contribution < -0.4 is 4.74 Å². The largest absolute Gasteiger partial charge is 0.493 e. The molecule has 1 aliphatic rings. The van der Waals surface area contributed by atoms with Gasteiger partial charge in [-0.3, -0.25) is 27.2 Å². The highest BCUT2D eigenvalue weighted by molar-refractivity contribution is 7.99. The number of imidazole rings is 1. The number of nitriles is 1. The van der Waals surface area contributed by atoms with Gasteiger partial charge in [-0.2, -0.15) is 52.5 Å². The van der Waals surface area contributed by atoms with E-state index in [4.69, 9.17) is 4.74 Å². The molecule has 27 nitrogen and oxygen atoms in total. The minimum atomic E-state index is -5.29. The number of aromatic nitrogens is 3. The molecule has 0 unspecified atom stereocenters. The summed E-state index contributed by atoms with van der Waals surface area (Å²) in [6.07, 6.45) is 4.82. The van der Waals surface area contributed by atoms with Gasteiger partial charge in [-0.15, -0.1) is 37.3 Å². The van der Waals surface area contributed by atoms with Crippen LogP contribution in [0.5, 0.6) is 11.6 Å². The number of hydrogen-bond donors (Lipinski definition) is 6. The standard InChI is InChI=1S/C44H40N10O17S7/c1-22-14-32(50-52-39-24(3)28(21-45)42-46-29-8-4-5-9-34(29)54(42)43(39)55)35(71-10-6-12-74(56,57)58)19-30(22)48-51-33-15-23(2)31(20-36(33)72-11-7-13-75(59,60)61)49-53-44-47-40-38(78(68,69)70)18-26-27(41(40)73-44)16-25(76(62,63)64)17-37(26)77(65,66)67/h5,9,14-20,55H,4,6-8,10-13H2,1-3H3,(H,56,57,58)(H,59,60,61)(H,62,63,64)(H,65,66,67)(H,68,69,70). The SMILES string of the molecule is Cc1cc(N=Nc2cc(OCCCS(=O)(=O)O)c(N=Nc3c(C)c(C#N)c4nc5c(n4c3O)C=CCC5)cc2C)c(SCCCS(=O)(=O)O)cc1N=Nc1nc2c(S(=O)(=O)O)cc3c(S(=O)(=O)O)cc(S(=O)(=O)O)cc3c2s1. The molecule has 4 aromatic carbocycles. The Morgan fingerprint density at radius 1 is 0.718 bits per heavy atom. The highest BCUT2D eigenvalue weighted by Gasteiger charge is 2.28. The topological polar surface area (TPSA) is 429 Å². The quantitative estimate of drug-likeness (QED) is 0.0190. The Hall–Kier alpha value is -6.75. The molecule has 0 saturated carbocycles. The Morgan fingerprint density at radius 3 is 2.00 bits per heavy atom. The van der Waals surface area contributed by atoms with Crippen LogP contribution in [0.4, 0.5) is 33.6 Å². The van der Waals surface area contributed by atoms with Gasteiger partial charge in [0.1, 0.15) is 38.4 Å². The molecule has 1 aliphatic carbocycles. The predicted octanol–water partition coefficient (Wildman–Crippen LogP) is 9.57. The molecule has 6 N–H and O–H groups in total. The lowest BCUT2D eigenvalue weighted by Gasteiger charge is -2.12. The zero-order valence-corrected chi connectivity index (χ0v) is 46.1. The summed E-state index contributed by atoms with van der Waals surface area (Å²) >= 11 is 1.64. The van der Waals surface area contributed by atoms with Crippen molar-refractivity contribution in [3.05, 3.63) is 82.2 Å². The predicted molar refractivity (Wildman–Crippen MR) is 283 cm³/mol. The van der Waals surface area contributed by atoms with Crippen LogP contribution in [0.2, 0.25) is 0 Å². The first-order valence-corrected chi connectivity index (χ1v) is 31.6. The van der Waals surface area contributed by atoms with Gasteiger partial charge in [0.05, 0.1) is 56.2 Å². The van der Waals surface area contributed by atoms with Crippen LogP contribution >= 0.6 is 23.1 Å². The van der Waals surface area contributed by atoms with Crippen molar-refractivity contribution < 1.29 is 74.7 Å². The van der Waals surface area contributed by atoms with Crippen LogP contribution in [0, 0.1) is 32.1 Å². The molecule has 0 spiro atoms. The van der Waals surface area contributed by atoms with E-state index in [1.165, 1.54) is 28.7 Å². The van der Waals surface area contributed by atoms with Crippen molar-refractivity contribution in [3.63, 3.8) is 0 Å². The Balaban J connectivity index is 1.19. The van der Waals surface area contributed by atoms with Crippen molar-refractivity contribution >= 4 is 140 Å². The average Bonchev–Trinajstić information content (AvgIpc) is 4.01. The van der Waals surface area contributed by atoms with Crippen molar-refractivity contribution in [2.75, 3.05) is 23.9 Å². The third-order valence-corrected chi connectivity index (χ3v) is 17.9. The number of aryl methyl sites for hydroxylation is 3. The van der Waals surface area contributed by atoms with Crippen molar-refractivity contribution in [1.82, 2.24) is 14.4 Å². The number of allylic oxidation sites excluding steroid dienone is 1. The zero-order valence-electron chi connectivity index (χ0n) is 40.4. The maximum atomic E-state index is 12.6. The molecule has 3 aromatic heterocycles. The van der Waals surface area contributed by atoms with Crippen LogP contribution in [0.25, 0.3) is 32.7 Å². The maximum Gasteiger partial charge on any atom is 0.296 e. The molecule has 3 heterocycles. The van der Waals surface area contributed by atoms with Crippen LogP contribution in [0.15, 0.2) is 98.8 Å². The van der Waals surface area contributed by atoms with Gasteiger partial charge in [-0.1, -0.05) is 17.4 Å². The second-order valence-electron chi connectivity index (χ2n) is 17.1. The van der Waals surface area contributed by atoms with E-state index in [1.54, 1.807) is 26.8 Å². The third kappa shape index (κ3) is 12.7. The molecule has 78 heavy (non-hydrogen) atoms. The molecule has 410 valence electrons. The van der Waals surface area contributed by atoms with Gasteiger partial charge in [0.25, 0.3) is 50.6 Å². The summed E-state index contributed by atoms with van der Waals surface area (Å²) in [4.78, 5) is 6.02. The van der Waals surface area contributed by atoms with Crippen LogP contribution in [-0.4, -0.2) is 108 Å². The van der Waals surface area contributed by atoms with Crippen molar-refractivity contribution in [3.8, 4) is 17.7 Å². The summed E-state index contributed by atoms with van der Waals surface area (Å²) in [6.45, 7) is 4.57. The summed E-state index contributed by atoms with van der Waals surface area (Å²) in [5.74, 6) is -1.46. The number of hydrogen-bond acceptors (Lipinski definition) is 23. The summed E-state index contributed by atoms with van der Waals surface area (Å²) < 4.78 is 176. The van der Waals surface area contributed by atoms with Crippen LogP contribution in [0.1, 0.15) is 52.9 Å². The summed E-state index contributed by atoms with van der Waals surface area (Å²) in [6, 6.07) is 9.91. The first-order chi connectivity index (χ1) is 36.4. The van der Waals surface area contributed by atoms with Gasteiger partial charge in [-0.05, 0) is 106 Å². The number of aromatic hydroxyl groups is 1. The van der Waals surface area contributed by atoms with Gasteiger partial charge in [0, 0.05) is 27.3 Å². The Labute approximate surface area is 451 Å². The number of pyridine rings is 1. The maximum absolute atomic E-state index is 12.6. The number of nitrogens with zero attached hydrogens (tertiary/aromatic N) is 10. The van der Waals surface area contributed by atoms with Crippen LogP contribution in [-0.2, 0) is 57.0 Å². The first-order valence-electron chi connectivity index (χ1n) is 22.3. The van der Waals surface area contributed by atoms with E-state index in [0.717, 1.165) is 24.2 Å². The highest BCUT2D eigenvalue weighted by Crippen LogP contribution is 2.45. The van der Waals surface area contributed by atoms with Gasteiger partial charge < -0.3 is 9.84 Å². The third-order valence-electron chi connectivity index (χ3n) is 11.6. The molecular weight excluding hydrogens is 1170 g/mol. The Bertz CT molecular complexity index is 4440. The molecule has 0 bridgehead atoms. The van der Waals surface area contributed by atoms with E-state index < -0.39 is 87.7 Å². The molecule has 0 saturated heterocycles. The molecule has 0 radical (unpaired) electrons. The molecule has 34 heteroatoms. The second-order valence-corrected chi connectivity index (χ2v) is 26.6. The normalized spacial score (nSPS) is 13.7. The van der Waals surface area contributed by atoms with E-state index >= 15 is 0 Å². The number of ether oxygens (including phenoxy) is 1. The molecule has 0 aliphatic heterocycles. The fourth-order valence-corrected chi connectivity index (χ4v) is 13.0. The van der Waals surface area contributed by atoms with Gasteiger partial charge in [0.15, 0.2) is 11.3 Å². The number of thioether (sulfide) groups is 1. The molecule has 0 amide bonds. The Kier molecular flexibility index (Phi) is 16.1. The highest BCUT2D eigenvalue weighted by atomic mass is 32.2. The molecular formula is C44H40N10O17S7. The van der Waals surface area contributed by atoms with Crippen LogP contribution in [0.3, 0.4) is 0 Å². The summed E-state index contributed by atoms with van der Waals surface area (Å²) in [5, 5.41) is 46.5. The smallest absolute Gasteiger partial charge is 0.296 e. The average molecular weight is 1210 g/mol.